The van der Waals surface area contributed by atoms with Crippen molar-refractivity contribution < 1.29 is 19.8 Å². The number of aliphatic hydroxyl groups is 1. The largest absolute Gasteiger partial charge is 0.508 e. The van der Waals surface area contributed by atoms with Gasteiger partial charge in [0.25, 0.3) is 0 Å². The number of β-amino-alcohol motifs (C(OH)–C–C–N with tert-alkyl or cyclic N) is 1. The summed E-state index contributed by atoms with van der Waals surface area (Å²) in [6.07, 6.45) is -0.508. The number of hydrogen-bond donors (Lipinski definition) is 3. The van der Waals surface area contributed by atoms with Gasteiger partial charge in [-0.05, 0) is 24.0 Å². The number of benzene rings is 1. The number of thiazole rings is 1. The van der Waals surface area contributed by atoms with E-state index in [1.165, 1.54) is 16.2 Å². The lowest BCUT2D eigenvalue weighted by atomic mass is 9.81. The highest BCUT2D eigenvalue weighted by Gasteiger charge is 2.42. The molecule has 8 heteroatoms. The van der Waals surface area contributed by atoms with Crippen molar-refractivity contribution in [1.29, 1.82) is 0 Å². The summed E-state index contributed by atoms with van der Waals surface area (Å²) >= 11 is 1.51. The second-order valence-electron chi connectivity index (χ2n) is 9.31. The van der Waals surface area contributed by atoms with Crippen LogP contribution in [-0.2, 0) is 16.1 Å². The third kappa shape index (κ3) is 5.07. The number of carbonyl (C=O) groups excluding carboxylic acids is 2. The Morgan fingerprint density at radius 1 is 1.35 bits per heavy atom. The van der Waals surface area contributed by atoms with E-state index < -0.39 is 12.1 Å². The summed E-state index contributed by atoms with van der Waals surface area (Å²) in [4.78, 5) is 32.5. The summed E-state index contributed by atoms with van der Waals surface area (Å²) in [6.45, 7) is 10.0. The molecule has 2 amide bonds. The fraction of sp³-hybridized carbons (Fsp3) is 0.522. The molecule has 3 N–H and O–H groups in total. The molecule has 2 heterocycles. The van der Waals surface area contributed by atoms with Crippen LogP contribution in [0.1, 0.15) is 45.4 Å². The van der Waals surface area contributed by atoms with E-state index in [1.807, 2.05) is 40.7 Å². The van der Waals surface area contributed by atoms with Crippen molar-refractivity contribution in [3.63, 3.8) is 0 Å². The minimum atomic E-state index is -0.720. The van der Waals surface area contributed by atoms with E-state index in [0.717, 1.165) is 16.1 Å². The molecule has 1 aliphatic rings. The molecule has 0 unspecified atom stereocenters. The molecular weight excluding hydrogens is 414 g/mol. The number of likely N-dealkylation sites (tertiary alicyclic amines) is 1. The Hall–Kier alpha value is -2.45. The van der Waals surface area contributed by atoms with Gasteiger partial charge in [-0.3, -0.25) is 9.59 Å². The third-order valence-electron chi connectivity index (χ3n) is 6.08. The quantitative estimate of drug-likeness (QED) is 0.656. The summed E-state index contributed by atoms with van der Waals surface area (Å²) in [5, 5.41) is 23.4. The van der Waals surface area contributed by atoms with E-state index in [0.29, 0.717) is 5.56 Å². The fourth-order valence-electron chi connectivity index (χ4n) is 3.66. The molecule has 1 aromatic carbocycles. The average Bonchev–Trinajstić information content (AvgIpc) is 3.30. The van der Waals surface area contributed by atoms with Gasteiger partial charge in [0.2, 0.25) is 11.8 Å². The third-order valence-corrected chi connectivity index (χ3v) is 7.06. The molecule has 1 aromatic heterocycles. The minimum absolute atomic E-state index is 0.0892. The van der Waals surface area contributed by atoms with Gasteiger partial charge in [0.15, 0.2) is 0 Å². The zero-order valence-corrected chi connectivity index (χ0v) is 19.5. The van der Waals surface area contributed by atoms with E-state index >= 15 is 0 Å². The maximum Gasteiger partial charge on any atom is 0.243 e. The smallest absolute Gasteiger partial charge is 0.243 e. The number of amides is 2. The molecule has 3 atom stereocenters. The summed E-state index contributed by atoms with van der Waals surface area (Å²) in [5.41, 5.74) is 3.88. The fourth-order valence-corrected chi connectivity index (χ4v) is 4.46. The molecule has 31 heavy (non-hydrogen) atoms. The lowest BCUT2D eigenvalue weighted by Crippen LogP contribution is -2.49. The number of hydrogen-bond acceptors (Lipinski definition) is 6. The highest BCUT2D eigenvalue weighted by Crippen LogP contribution is 2.32. The van der Waals surface area contributed by atoms with Gasteiger partial charge in [-0.1, -0.05) is 39.8 Å². The number of phenolic OH excluding ortho intramolecular Hbond substituents is 1. The number of phenols is 1. The topological polar surface area (TPSA) is 103 Å². The Labute approximate surface area is 187 Å². The first-order valence-electron chi connectivity index (χ1n) is 10.5. The summed E-state index contributed by atoms with van der Waals surface area (Å²) in [5.74, 6) is -0.643. The van der Waals surface area contributed by atoms with E-state index in [4.69, 9.17) is 0 Å². The van der Waals surface area contributed by atoms with Crippen LogP contribution < -0.4 is 5.32 Å². The van der Waals surface area contributed by atoms with Gasteiger partial charge in [0, 0.05) is 31.0 Å². The van der Waals surface area contributed by atoms with Gasteiger partial charge in [-0.15, -0.1) is 11.3 Å². The second kappa shape index (κ2) is 8.96. The number of rotatable bonds is 5. The van der Waals surface area contributed by atoms with E-state index in [1.54, 1.807) is 17.6 Å². The number of aromatic hydroxyl groups is 1. The standard InChI is InChI=1S/C23H31N3O4S/c1-13(23(3,4)5)22(30)26-11-17(27)9-18(26)21(29)24-10-16-7-6-15(8-19(16)28)20-14(2)25-12-31-20/h6-8,12-13,17-18,27-28H,9-11H2,1-5H3,(H,24,29)/t13-,17-,18+/m1/s1. The molecule has 7 nitrogen and oxygen atoms in total. The van der Waals surface area contributed by atoms with Crippen molar-refractivity contribution in [3.8, 4) is 16.2 Å². The lowest BCUT2D eigenvalue weighted by Gasteiger charge is -2.32. The molecule has 1 fully saturated rings. The normalized spacial score (nSPS) is 20.0. The highest BCUT2D eigenvalue weighted by molar-refractivity contribution is 7.13. The minimum Gasteiger partial charge on any atom is -0.508 e. The van der Waals surface area contributed by atoms with Crippen LogP contribution >= 0.6 is 11.3 Å². The van der Waals surface area contributed by atoms with Crippen molar-refractivity contribution in [1.82, 2.24) is 15.2 Å². The number of aryl methyl sites for hydroxylation is 1. The monoisotopic (exact) mass is 445 g/mol. The van der Waals surface area contributed by atoms with Gasteiger partial charge in [0.1, 0.15) is 11.8 Å². The van der Waals surface area contributed by atoms with Crippen LogP contribution in [0.3, 0.4) is 0 Å². The zero-order valence-electron chi connectivity index (χ0n) is 18.7. The Morgan fingerprint density at radius 3 is 2.65 bits per heavy atom. The molecule has 168 valence electrons. The van der Waals surface area contributed by atoms with Crippen LogP contribution in [0.25, 0.3) is 10.4 Å². The van der Waals surface area contributed by atoms with Crippen LogP contribution in [0, 0.1) is 18.3 Å². The maximum atomic E-state index is 12.9. The summed E-state index contributed by atoms with van der Waals surface area (Å²) in [6, 6.07) is 4.62. The van der Waals surface area contributed by atoms with Crippen molar-refractivity contribution in [3.05, 3.63) is 35.0 Å². The Balaban J connectivity index is 1.68. The van der Waals surface area contributed by atoms with Crippen LogP contribution in [0.15, 0.2) is 23.7 Å². The van der Waals surface area contributed by atoms with Gasteiger partial charge in [-0.25, -0.2) is 4.98 Å². The number of aliphatic hydroxyl groups excluding tert-OH is 1. The van der Waals surface area contributed by atoms with Crippen LogP contribution in [0.2, 0.25) is 0 Å². The molecule has 0 saturated carbocycles. The maximum absolute atomic E-state index is 12.9. The Bertz CT molecular complexity index is 966. The molecule has 1 saturated heterocycles. The summed E-state index contributed by atoms with van der Waals surface area (Å²) < 4.78 is 0. The second-order valence-corrected chi connectivity index (χ2v) is 10.2. The molecular formula is C23H31N3O4S. The van der Waals surface area contributed by atoms with Crippen LogP contribution in [-0.4, -0.2) is 50.6 Å². The van der Waals surface area contributed by atoms with Gasteiger partial charge in [0.05, 0.1) is 22.2 Å². The lowest BCUT2D eigenvalue weighted by molar-refractivity contribution is -0.144. The Morgan fingerprint density at radius 2 is 2.06 bits per heavy atom. The Kier molecular flexibility index (Phi) is 6.71. The highest BCUT2D eigenvalue weighted by atomic mass is 32.1. The molecule has 0 spiro atoms. The van der Waals surface area contributed by atoms with Gasteiger partial charge < -0.3 is 20.4 Å². The predicted molar refractivity (Wildman–Crippen MR) is 121 cm³/mol. The SMILES string of the molecule is Cc1ncsc1-c1ccc(CNC(=O)[C@@H]2C[C@@H](O)CN2C(=O)[C@@H](C)C(C)(C)C)c(O)c1. The number of nitrogens with one attached hydrogen (secondary N) is 1. The number of aromatic nitrogens is 1. The predicted octanol–water partition coefficient (Wildman–Crippen LogP) is 3.08. The first kappa shape index (κ1) is 23.2. The first-order valence-corrected chi connectivity index (χ1v) is 11.4. The van der Waals surface area contributed by atoms with Crippen LogP contribution in [0.5, 0.6) is 5.75 Å². The average molecular weight is 446 g/mol. The van der Waals surface area contributed by atoms with Crippen molar-refractivity contribution in [2.45, 2.75) is 59.7 Å². The number of nitrogens with zero attached hydrogens (tertiary/aromatic N) is 2. The zero-order chi connectivity index (χ0) is 22.9. The van der Waals surface area contributed by atoms with Crippen molar-refractivity contribution in [2.24, 2.45) is 11.3 Å². The first-order chi connectivity index (χ1) is 14.5. The van der Waals surface area contributed by atoms with Crippen molar-refractivity contribution in [2.75, 3.05) is 6.54 Å². The van der Waals surface area contributed by atoms with Gasteiger partial charge in [-0.2, -0.15) is 0 Å². The van der Waals surface area contributed by atoms with E-state index in [9.17, 15) is 19.8 Å². The summed E-state index contributed by atoms with van der Waals surface area (Å²) in [7, 11) is 0. The van der Waals surface area contributed by atoms with Crippen molar-refractivity contribution >= 4 is 23.2 Å². The van der Waals surface area contributed by atoms with E-state index in [-0.39, 0.29) is 48.4 Å². The molecule has 2 aromatic rings. The van der Waals surface area contributed by atoms with Crippen LogP contribution in [0.4, 0.5) is 0 Å². The van der Waals surface area contributed by atoms with Gasteiger partial charge >= 0.3 is 0 Å². The number of carbonyl (C=O) groups is 2. The molecule has 0 radical (unpaired) electrons. The molecule has 0 bridgehead atoms. The molecule has 3 rings (SSSR count). The molecule has 0 aliphatic carbocycles. The molecule has 1 aliphatic heterocycles. The van der Waals surface area contributed by atoms with E-state index in [2.05, 4.69) is 10.3 Å².